The molecule has 0 aliphatic heterocycles. The van der Waals surface area contributed by atoms with Crippen molar-refractivity contribution in [3.05, 3.63) is 82.4 Å². The summed E-state index contributed by atoms with van der Waals surface area (Å²) in [5.41, 5.74) is 2.57. The van der Waals surface area contributed by atoms with E-state index in [1.54, 1.807) is 24.3 Å². The summed E-state index contributed by atoms with van der Waals surface area (Å²) in [4.78, 5) is 16.2. The number of benzene rings is 3. The van der Waals surface area contributed by atoms with Crippen molar-refractivity contribution in [2.45, 2.75) is 45.1 Å². The van der Waals surface area contributed by atoms with E-state index in [1.807, 2.05) is 23.6 Å². The molecule has 0 saturated heterocycles. The van der Waals surface area contributed by atoms with Gasteiger partial charge in [-0.3, -0.25) is 0 Å². The van der Waals surface area contributed by atoms with Gasteiger partial charge in [-0.2, -0.15) is 0 Å². The Hall–Kier alpha value is -3.45. The van der Waals surface area contributed by atoms with E-state index in [-0.39, 0.29) is 24.1 Å². The summed E-state index contributed by atoms with van der Waals surface area (Å²) in [7, 11) is 0. The maximum Gasteiger partial charge on any atom is 0.335 e. The molecule has 8 heteroatoms. The third-order valence-corrected chi connectivity index (χ3v) is 7.46. The Morgan fingerprint density at radius 3 is 2.49 bits per heavy atom. The van der Waals surface area contributed by atoms with Gasteiger partial charge in [-0.1, -0.05) is 36.9 Å². The Morgan fingerprint density at radius 1 is 1.08 bits per heavy atom. The van der Waals surface area contributed by atoms with Crippen LogP contribution in [0.25, 0.3) is 22.4 Å². The van der Waals surface area contributed by atoms with E-state index in [0.717, 1.165) is 49.3 Å². The number of aromatic nitrogens is 2. The number of halogens is 3. The zero-order chi connectivity index (χ0) is 26.1. The molecule has 0 radical (unpaired) electrons. The number of hydrogen-bond acceptors (Lipinski definition) is 3. The van der Waals surface area contributed by atoms with Crippen LogP contribution in [0.15, 0.2) is 54.6 Å². The molecule has 0 bridgehead atoms. The molecule has 4 aromatic rings. The molecule has 192 valence electrons. The number of carboxylic acid groups (broad SMARTS) is 1. The minimum absolute atomic E-state index is 0.141. The van der Waals surface area contributed by atoms with E-state index in [4.69, 9.17) is 21.3 Å². The maximum absolute atomic E-state index is 14.5. The van der Waals surface area contributed by atoms with Gasteiger partial charge in [-0.05, 0) is 67.6 Å². The van der Waals surface area contributed by atoms with Gasteiger partial charge >= 0.3 is 5.97 Å². The van der Waals surface area contributed by atoms with Crippen LogP contribution in [0.5, 0.6) is 5.75 Å². The Kier molecular flexibility index (Phi) is 7.15. The summed E-state index contributed by atoms with van der Waals surface area (Å²) >= 11 is 6.12. The van der Waals surface area contributed by atoms with Crippen molar-refractivity contribution in [1.29, 1.82) is 0 Å². The zero-order valence-electron chi connectivity index (χ0n) is 20.4. The molecule has 1 unspecified atom stereocenters. The van der Waals surface area contributed by atoms with E-state index in [9.17, 15) is 18.7 Å². The third-order valence-electron chi connectivity index (χ3n) is 7.20. The van der Waals surface area contributed by atoms with Gasteiger partial charge in [0.25, 0.3) is 0 Å². The highest BCUT2D eigenvalue weighted by atomic mass is 35.5. The number of ether oxygens (including phenoxy) is 1. The molecule has 1 heterocycles. The fraction of sp³-hybridized carbons (Fsp3) is 0.310. The fourth-order valence-corrected chi connectivity index (χ4v) is 5.36. The Morgan fingerprint density at radius 2 is 1.78 bits per heavy atom. The second-order valence-corrected chi connectivity index (χ2v) is 10.1. The Bertz CT molecular complexity index is 1450. The molecule has 5 rings (SSSR count). The van der Waals surface area contributed by atoms with E-state index in [1.165, 1.54) is 12.1 Å². The molecule has 1 N–H and O–H groups in total. The quantitative estimate of drug-likeness (QED) is 0.267. The first-order valence-electron chi connectivity index (χ1n) is 12.4. The first-order chi connectivity index (χ1) is 17.8. The lowest BCUT2D eigenvalue weighted by atomic mass is 9.83. The molecule has 1 aromatic heterocycles. The standard InChI is InChI=1S/C29H27ClF2N2O3/c1-17-7-8-20(29(35)36)13-27(17)37-16-26(18-5-3-2-4-6-18)34-25-15-23(32)22(31)14-24(25)33-28(34)19-9-11-21(30)12-10-19/h7-15,18,26H,2-6,16H2,1H3,(H,35,36). The third kappa shape index (κ3) is 5.18. The number of rotatable bonds is 7. The highest BCUT2D eigenvalue weighted by Crippen LogP contribution is 2.39. The SMILES string of the molecule is Cc1ccc(C(=O)O)cc1OCC(C1CCCCC1)n1c(-c2ccc(Cl)cc2)nc2cc(F)c(F)cc21. The van der Waals surface area contributed by atoms with Gasteiger partial charge in [0.15, 0.2) is 11.6 Å². The Balaban J connectivity index is 1.64. The first-order valence-corrected chi connectivity index (χ1v) is 12.8. The number of fused-ring (bicyclic) bond motifs is 1. The molecule has 3 aromatic carbocycles. The van der Waals surface area contributed by atoms with Crippen LogP contribution < -0.4 is 4.74 Å². The van der Waals surface area contributed by atoms with Crippen molar-refractivity contribution in [2.75, 3.05) is 6.61 Å². The fourth-order valence-electron chi connectivity index (χ4n) is 5.23. The average Bonchev–Trinajstić information content (AvgIpc) is 3.24. The summed E-state index contributed by atoms with van der Waals surface area (Å²) in [6.07, 6.45) is 5.22. The second kappa shape index (κ2) is 10.5. The molecule has 1 aliphatic rings. The number of aromatic carboxylic acids is 1. The van der Waals surface area contributed by atoms with Gasteiger partial charge in [0.1, 0.15) is 18.2 Å². The minimum atomic E-state index is -1.03. The highest BCUT2D eigenvalue weighted by molar-refractivity contribution is 6.30. The summed E-state index contributed by atoms with van der Waals surface area (Å²) in [6.45, 7) is 2.08. The predicted octanol–water partition coefficient (Wildman–Crippen LogP) is 7.84. The predicted molar refractivity (Wildman–Crippen MR) is 139 cm³/mol. The number of aryl methyl sites for hydroxylation is 1. The van der Waals surface area contributed by atoms with Crippen molar-refractivity contribution < 1.29 is 23.4 Å². The largest absolute Gasteiger partial charge is 0.491 e. The molecule has 1 saturated carbocycles. The molecular weight excluding hydrogens is 498 g/mol. The number of imidazole rings is 1. The van der Waals surface area contributed by atoms with Gasteiger partial charge in [0, 0.05) is 22.7 Å². The number of carbonyl (C=O) groups is 1. The van der Waals surface area contributed by atoms with E-state index < -0.39 is 17.6 Å². The van der Waals surface area contributed by atoms with Gasteiger partial charge in [0.2, 0.25) is 0 Å². The summed E-state index contributed by atoms with van der Waals surface area (Å²) < 4.78 is 37.0. The summed E-state index contributed by atoms with van der Waals surface area (Å²) in [5.74, 6) is -1.65. The van der Waals surface area contributed by atoms with E-state index in [0.29, 0.717) is 27.6 Å². The maximum atomic E-state index is 14.5. The molecule has 0 amide bonds. The second-order valence-electron chi connectivity index (χ2n) is 9.63. The van der Waals surface area contributed by atoms with Crippen LogP contribution in [-0.2, 0) is 0 Å². The Labute approximate surface area is 218 Å². The lowest BCUT2D eigenvalue weighted by Gasteiger charge is -2.33. The van der Waals surface area contributed by atoms with Crippen LogP contribution in [-0.4, -0.2) is 27.2 Å². The van der Waals surface area contributed by atoms with Crippen molar-refractivity contribution >= 4 is 28.6 Å². The van der Waals surface area contributed by atoms with Crippen LogP contribution in [0.3, 0.4) is 0 Å². The normalized spacial score (nSPS) is 15.1. The van der Waals surface area contributed by atoms with Crippen LogP contribution in [0.1, 0.15) is 54.1 Å². The van der Waals surface area contributed by atoms with Crippen molar-refractivity contribution in [3.8, 4) is 17.1 Å². The van der Waals surface area contributed by atoms with E-state index in [2.05, 4.69) is 0 Å². The van der Waals surface area contributed by atoms with Crippen molar-refractivity contribution in [1.82, 2.24) is 9.55 Å². The number of hydrogen-bond donors (Lipinski definition) is 1. The van der Waals surface area contributed by atoms with E-state index >= 15 is 0 Å². The van der Waals surface area contributed by atoms with Gasteiger partial charge in [-0.25, -0.2) is 18.6 Å². The molecular formula is C29H27ClF2N2O3. The molecule has 1 fully saturated rings. The van der Waals surface area contributed by atoms with Crippen LogP contribution in [0.4, 0.5) is 8.78 Å². The average molecular weight is 525 g/mol. The van der Waals surface area contributed by atoms with Crippen molar-refractivity contribution in [2.24, 2.45) is 5.92 Å². The lowest BCUT2D eigenvalue weighted by Crippen LogP contribution is -2.28. The molecule has 1 aliphatic carbocycles. The molecule has 37 heavy (non-hydrogen) atoms. The number of carboxylic acids is 1. The number of nitrogens with zero attached hydrogens (tertiary/aromatic N) is 2. The smallest absolute Gasteiger partial charge is 0.335 e. The van der Waals surface area contributed by atoms with Gasteiger partial charge in [0.05, 0.1) is 22.6 Å². The first kappa shape index (κ1) is 25.2. The summed E-state index contributed by atoms with van der Waals surface area (Å²) in [6, 6.07) is 14.1. The lowest BCUT2D eigenvalue weighted by molar-refractivity contribution is 0.0696. The minimum Gasteiger partial charge on any atom is -0.491 e. The van der Waals surface area contributed by atoms with Gasteiger partial charge < -0.3 is 14.4 Å². The van der Waals surface area contributed by atoms with Crippen LogP contribution in [0, 0.1) is 24.5 Å². The topological polar surface area (TPSA) is 64.3 Å². The molecule has 0 spiro atoms. The van der Waals surface area contributed by atoms with Crippen molar-refractivity contribution in [3.63, 3.8) is 0 Å². The highest BCUT2D eigenvalue weighted by Gasteiger charge is 2.30. The molecule has 1 atom stereocenters. The summed E-state index contributed by atoms with van der Waals surface area (Å²) in [5, 5.41) is 10.0. The van der Waals surface area contributed by atoms with Crippen LogP contribution in [0.2, 0.25) is 5.02 Å². The van der Waals surface area contributed by atoms with Gasteiger partial charge in [-0.15, -0.1) is 0 Å². The molecule has 5 nitrogen and oxygen atoms in total. The van der Waals surface area contributed by atoms with Crippen LogP contribution >= 0.6 is 11.6 Å². The zero-order valence-corrected chi connectivity index (χ0v) is 21.1. The monoisotopic (exact) mass is 524 g/mol.